The van der Waals surface area contributed by atoms with E-state index in [9.17, 15) is 14.4 Å². The van der Waals surface area contributed by atoms with E-state index in [0.29, 0.717) is 19.3 Å². The summed E-state index contributed by atoms with van der Waals surface area (Å²) in [5.74, 6) is -0.907. The lowest BCUT2D eigenvalue weighted by Gasteiger charge is -2.18. The van der Waals surface area contributed by atoms with Crippen molar-refractivity contribution in [2.45, 2.75) is 322 Å². The summed E-state index contributed by atoms with van der Waals surface area (Å²) in [6.07, 6.45) is 95.0. The van der Waals surface area contributed by atoms with E-state index >= 15 is 0 Å². The van der Waals surface area contributed by atoms with Crippen LogP contribution in [0.1, 0.15) is 316 Å². The van der Waals surface area contributed by atoms with Crippen LogP contribution in [-0.2, 0) is 28.6 Å². The maximum atomic E-state index is 12.9. The van der Waals surface area contributed by atoms with Crippen LogP contribution in [0.2, 0.25) is 0 Å². The van der Waals surface area contributed by atoms with Gasteiger partial charge in [0, 0.05) is 19.3 Å². The van der Waals surface area contributed by atoms with Crippen LogP contribution in [0.15, 0.2) is 122 Å². The highest BCUT2D eigenvalue weighted by Crippen LogP contribution is 2.17. The summed E-state index contributed by atoms with van der Waals surface area (Å²) in [4.78, 5) is 38.4. The van der Waals surface area contributed by atoms with Crippen molar-refractivity contribution in [3.63, 3.8) is 0 Å². The molecule has 0 aliphatic rings. The van der Waals surface area contributed by atoms with Crippen molar-refractivity contribution < 1.29 is 28.6 Å². The minimum Gasteiger partial charge on any atom is -0.462 e. The van der Waals surface area contributed by atoms with Gasteiger partial charge in [-0.3, -0.25) is 14.4 Å². The average Bonchev–Trinajstić information content (AvgIpc) is 3.46. The van der Waals surface area contributed by atoms with E-state index in [1.54, 1.807) is 0 Å². The Bertz CT molecular complexity index is 1670. The Morgan fingerprint density at radius 3 is 0.802 bits per heavy atom. The molecule has 1 unspecified atom stereocenters. The molecule has 6 heteroatoms. The first kappa shape index (κ1) is 76.8. The van der Waals surface area contributed by atoms with Gasteiger partial charge in [-0.05, 0) is 109 Å². The Kier molecular flexibility index (Phi) is 64.8. The largest absolute Gasteiger partial charge is 0.462 e. The SMILES string of the molecule is CC/C=C\C/C=C\C/C=C\C/C=C\C/C=C\C/C=C\C/C=C\C/C=C\CCCCCCCCC(=O)OCC(COC(=O)CCCCCCC/C=C\C/C=C\CCC)OC(=O)CCCCCCCCCCCCCCCCCCCCC. The fourth-order valence-electron chi connectivity index (χ4n) is 9.38. The van der Waals surface area contributed by atoms with Crippen molar-refractivity contribution in [2.24, 2.45) is 0 Å². The topological polar surface area (TPSA) is 78.9 Å². The monoisotopic (exact) mass is 1120 g/mol. The molecule has 0 amide bonds. The number of unbranched alkanes of at least 4 members (excludes halogenated alkanes) is 30. The number of esters is 3. The van der Waals surface area contributed by atoms with Gasteiger partial charge in [0.1, 0.15) is 13.2 Å². The fraction of sp³-hybridized carbons (Fsp3) is 0.693. The summed E-state index contributed by atoms with van der Waals surface area (Å²) in [7, 11) is 0. The smallest absolute Gasteiger partial charge is 0.306 e. The number of rotatable bonds is 61. The Balaban J connectivity index is 4.33. The van der Waals surface area contributed by atoms with Crippen molar-refractivity contribution in [3.8, 4) is 0 Å². The molecule has 1 atom stereocenters. The van der Waals surface area contributed by atoms with Gasteiger partial charge in [-0.15, -0.1) is 0 Å². The van der Waals surface area contributed by atoms with Crippen molar-refractivity contribution in [1.82, 2.24) is 0 Å². The molecule has 0 aromatic rings. The molecule has 0 aromatic carbocycles. The first-order valence-electron chi connectivity index (χ1n) is 34.0. The van der Waals surface area contributed by atoms with Crippen LogP contribution < -0.4 is 0 Å². The molecule has 0 fully saturated rings. The molecule has 0 radical (unpaired) electrons. The fourth-order valence-corrected chi connectivity index (χ4v) is 9.38. The van der Waals surface area contributed by atoms with Gasteiger partial charge in [0.25, 0.3) is 0 Å². The molecule has 0 spiro atoms. The van der Waals surface area contributed by atoms with Gasteiger partial charge in [-0.25, -0.2) is 0 Å². The second-order valence-corrected chi connectivity index (χ2v) is 22.4. The minimum atomic E-state index is -0.792. The Morgan fingerprint density at radius 1 is 0.259 bits per heavy atom. The van der Waals surface area contributed by atoms with Crippen molar-refractivity contribution in [2.75, 3.05) is 13.2 Å². The predicted molar refractivity (Wildman–Crippen MR) is 353 cm³/mol. The summed E-state index contributed by atoms with van der Waals surface area (Å²) in [6, 6.07) is 0. The van der Waals surface area contributed by atoms with Crippen LogP contribution in [0.25, 0.3) is 0 Å². The van der Waals surface area contributed by atoms with E-state index in [1.165, 1.54) is 122 Å². The normalized spacial score (nSPS) is 12.9. The van der Waals surface area contributed by atoms with Crippen LogP contribution in [0.4, 0.5) is 0 Å². The number of carbonyl (C=O) groups is 3. The lowest BCUT2D eigenvalue weighted by Crippen LogP contribution is -2.30. The van der Waals surface area contributed by atoms with E-state index < -0.39 is 6.10 Å². The van der Waals surface area contributed by atoms with Gasteiger partial charge >= 0.3 is 17.9 Å². The third-order valence-electron chi connectivity index (χ3n) is 14.4. The molecule has 0 rings (SSSR count). The predicted octanol–water partition coefficient (Wildman–Crippen LogP) is 23.6. The number of hydrogen-bond donors (Lipinski definition) is 0. The number of ether oxygens (including phenoxy) is 3. The summed E-state index contributed by atoms with van der Waals surface area (Å²) in [5.41, 5.74) is 0. The summed E-state index contributed by atoms with van der Waals surface area (Å²) in [5, 5.41) is 0. The molecule has 0 N–H and O–H groups in total. The van der Waals surface area contributed by atoms with Crippen LogP contribution in [-0.4, -0.2) is 37.2 Å². The molecule has 6 nitrogen and oxygen atoms in total. The zero-order valence-electron chi connectivity index (χ0n) is 53.0. The highest BCUT2D eigenvalue weighted by Gasteiger charge is 2.19. The van der Waals surface area contributed by atoms with Crippen molar-refractivity contribution >= 4 is 17.9 Å². The quantitative estimate of drug-likeness (QED) is 0.0261. The zero-order chi connectivity index (χ0) is 58.5. The van der Waals surface area contributed by atoms with Gasteiger partial charge in [-0.1, -0.05) is 309 Å². The minimum absolute atomic E-state index is 0.0893. The maximum absolute atomic E-state index is 12.9. The Morgan fingerprint density at radius 2 is 0.506 bits per heavy atom. The van der Waals surface area contributed by atoms with E-state index in [1.807, 2.05) is 0 Å². The van der Waals surface area contributed by atoms with Gasteiger partial charge in [0.2, 0.25) is 0 Å². The van der Waals surface area contributed by atoms with E-state index in [0.717, 1.165) is 154 Å². The third kappa shape index (κ3) is 66.5. The van der Waals surface area contributed by atoms with Gasteiger partial charge in [-0.2, -0.15) is 0 Å². The molecular formula is C75H126O6. The number of hydrogen-bond acceptors (Lipinski definition) is 6. The molecule has 0 saturated heterocycles. The van der Waals surface area contributed by atoms with Crippen LogP contribution >= 0.6 is 0 Å². The number of allylic oxidation sites excluding steroid dienone is 20. The molecule has 0 aliphatic heterocycles. The lowest BCUT2D eigenvalue weighted by molar-refractivity contribution is -0.167. The third-order valence-corrected chi connectivity index (χ3v) is 14.4. The Labute approximate surface area is 501 Å². The van der Waals surface area contributed by atoms with Crippen LogP contribution in [0, 0.1) is 0 Å². The molecule has 0 aromatic heterocycles. The second kappa shape index (κ2) is 68.3. The molecule has 0 saturated carbocycles. The molecule has 81 heavy (non-hydrogen) atoms. The van der Waals surface area contributed by atoms with E-state index in [-0.39, 0.29) is 31.1 Å². The van der Waals surface area contributed by atoms with Gasteiger partial charge in [0.05, 0.1) is 0 Å². The first-order chi connectivity index (χ1) is 40.0. The Hall–Kier alpha value is -4.19. The first-order valence-corrected chi connectivity index (χ1v) is 34.0. The highest BCUT2D eigenvalue weighted by atomic mass is 16.6. The van der Waals surface area contributed by atoms with E-state index in [4.69, 9.17) is 14.2 Å². The van der Waals surface area contributed by atoms with Gasteiger partial charge in [0.15, 0.2) is 6.10 Å². The van der Waals surface area contributed by atoms with E-state index in [2.05, 4.69) is 142 Å². The summed E-state index contributed by atoms with van der Waals surface area (Å²) < 4.78 is 16.9. The van der Waals surface area contributed by atoms with Crippen LogP contribution in [0.5, 0.6) is 0 Å². The maximum Gasteiger partial charge on any atom is 0.306 e. The number of carbonyl (C=O) groups excluding carboxylic acids is 3. The standard InChI is InChI=1S/C75H126O6/c1-4-7-10-13-16-19-22-25-27-29-31-32-33-34-35-36-37-38-39-40-41-42-44-45-47-50-53-56-59-62-65-68-74(77)80-71-72(70-79-73(76)67-64-61-58-55-52-49-24-21-18-15-12-9-6-3)81-75(78)69-66-63-60-57-54-51-48-46-43-30-28-26-23-20-17-14-11-8-5-2/h7,10,12,15-16,19,21,24-25,27,31-32,34-35,37-38,40-41,44-45,72H,4-6,8-9,11,13-14,17-18,20,22-23,26,28-30,33,36,39,42-43,46-71H2,1-3H3/b10-7-,15-12-,19-16-,24-21-,27-25-,32-31-,35-34-,38-37-,41-40-,45-44-. The van der Waals surface area contributed by atoms with Crippen LogP contribution in [0.3, 0.4) is 0 Å². The molecule has 0 bridgehead atoms. The summed E-state index contributed by atoms with van der Waals surface area (Å²) >= 11 is 0. The molecule has 0 aliphatic carbocycles. The second-order valence-electron chi connectivity index (χ2n) is 22.4. The molecular weight excluding hydrogens is 997 g/mol. The molecule has 0 heterocycles. The van der Waals surface area contributed by atoms with Crippen molar-refractivity contribution in [1.29, 1.82) is 0 Å². The highest BCUT2D eigenvalue weighted by molar-refractivity contribution is 5.71. The summed E-state index contributed by atoms with van der Waals surface area (Å²) in [6.45, 7) is 6.47. The lowest BCUT2D eigenvalue weighted by atomic mass is 10.0. The van der Waals surface area contributed by atoms with Crippen molar-refractivity contribution in [3.05, 3.63) is 122 Å². The van der Waals surface area contributed by atoms with Gasteiger partial charge < -0.3 is 14.2 Å². The molecule has 462 valence electrons. The average molecular weight is 1120 g/mol. The zero-order valence-corrected chi connectivity index (χ0v) is 53.0.